The van der Waals surface area contributed by atoms with Gasteiger partial charge < -0.3 is 15.5 Å². The van der Waals surface area contributed by atoms with Crippen LogP contribution in [0.5, 0.6) is 0 Å². The Morgan fingerprint density at radius 2 is 1.93 bits per heavy atom. The van der Waals surface area contributed by atoms with Gasteiger partial charge in [-0.2, -0.15) is 0 Å². The number of guanidine groups is 1. The van der Waals surface area contributed by atoms with Gasteiger partial charge in [-0.05, 0) is 49.9 Å². The van der Waals surface area contributed by atoms with Crippen LogP contribution in [0.15, 0.2) is 23.2 Å². The van der Waals surface area contributed by atoms with E-state index in [2.05, 4.69) is 15.6 Å². The summed E-state index contributed by atoms with van der Waals surface area (Å²) in [5.41, 5.74) is -0.103. The summed E-state index contributed by atoms with van der Waals surface area (Å²) < 4.78 is 27.0. The number of carbonyl (C=O) groups excluding carboxylic acids is 1. The molecule has 2 N–H and O–H groups in total. The van der Waals surface area contributed by atoms with Crippen LogP contribution in [0.1, 0.15) is 38.2 Å². The summed E-state index contributed by atoms with van der Waals surface area (Å²) in [5, 5.41) is 6.30. The van der Waals surface area contributed by atoms with Crippen molar-refractivity contribution in [3.05, 3.63) is 35.4 Å². The van der Waals surface area contributed by atoms with Gasteiger partial charge in [0.1, 0.15) is 11.6 Å². The standard InChI is InChI=1S/C20H30F2N4O/c1-4-23-19(24-12-9-15-13-16(21)7-8-17(15)22)25-14-20(10-5-6-11-20)18(27)26(2)3/h7-8,13H,4-6,9-12,14H2,1-3H3,(H2,23,24,25). The van der Waals surface area contributed by atoms with Crippen LogP contribution in [0, 0.1) is 17.0 Å². The van der Waals surface area contributed by atoms with Crippen LogP contribution in [-0.4, -0.2) is 50.5 Å². The number of hydrogen-bond donors (Lipinski definition) is 2. The minimum atomic E-state index is -0.447. The second-order valence-corrected chi connectivity index (χ2v) is 7.29. The zero-order valence-corrected chi connectivity index (χ0v) is 16.4. The number of rotatable bonds is 7. The molecule has 1 aromatic carbocycles. The molecule has 0 saturated heterocycles. The average molecular weight is 380 g/mol. The molecular weight excluding hydrogens is 350 g/mol. The van der Waals surface area contributed by atoms with E-state index in [1.165, 1.54) is 6.07 Å². The minimum absolute atomic E-state index is 0.126. The summed E-state index contributed by atoms with van der Waals surface area (Å²) in [4.78, 5) is 18.9. The van der Waals surface area contributed by atoms with Crippen molar-refractivity contribution in [3.63, 3.8) is 0 Å². The first-order chi connectivity index (χ1) is 12.9. The van der Waals surface area contributed by atoms with Gasteiger partial charge in [0.2, 0.25) is 5.91 Å². The molecule has 0 aromatic heterocycles. The Morgan fingerprint density at radius 3 is 2.56 bits per heavy atom. The molecule has 0 bridgehead atoms. The maximum Gasteiger partial charge on any atom is 0.230 e. The van der Waals surface area contributed by atoms with Crippen molar-refractivity contribution in [3.8, 4) is 0 Å². The third-order valence-electron chi connectivity index (χ3n) is 5.00. The number of halogens is 2. The second-order valence-electron chi connectivity index (χ2n) is 7.29. The summed E-state index contributed by atoms with van der Waals surface area (Å²) in [6.45, 7) is 3.48. The van der Waals surface area contributed by atoms with E-state index < -0.39 is 17.0 Å². The van der Waals surface area contributed by atoms with E-state index in [0.29, 0.717) is 37.6 Å². The maximum absolute atomic E-state index is 13.7. The quantitative estimate of drug-likeness (QED) is 0.565. The Morgan fingerprint density at radius 1 is 1.22 bits per heavy atom. The topological polar surface area (TPSA) is 56.7 Å². The first-order valence-corrected chi connectivity index (χ1v) is 9.56. The third-order valence-corrected chi connectivity index (χ3v) is 5.00. The molecule has 5 nitrogen and oxygen atoms in total. The Hall–Kier alpha value is -2.18. The molecule has 0 radical (unpaired) electrons. The van der Waals surface area contributed by atoms with Gasteiger partial charge in [0.05, 0.1) is 12.0 Å². The molecule has 150 valence electrons. The van der Waals surface area contributed by atoms with E-state index in [1.54, 1.807) is 19.0 Å². The zero-order chi connectivity index (χ0) is 19.9. The van der Waals surface area contributed by atoms with Crippen LogP contribution in [0.4, 0.5) is 8.78 Å². The molecule has 2 rings (SSSR count). The lowest BCUT2D eigenvalue weighted by molar-refractivity contribution is -0.138. The van der Waals surface area contributed by atoms with Gasteiger partial charge in [-0.15, -0.1) is 0 Å². The largest absolute Gasteiger partial charge is 0.357 e. The number of nitrogens with zero attached hydrogens (tertiary/aromatic N) is 2. The van der Waals surface area contributed by atoms with Gasteiger partial charge in [0.15, 0.2) is 5.96 Å². The van der Waals surface area contributed by atoms with E-state index in [1.807, 2.05) is 6.92 Å². The van der Waals surface area contributed by atoms with Crippen molar-refractivity contribution < 1.29 is 13.6 Å². The predicted octanol–water partition coefficient (Wildman–Crippen LogP) is 2.71. The summed E-state index contributed by atoms with van der Waals surface area (Å²) >= 11 is 0. The molecule has 0 heterocycles. The van der Waals surface area contributed by atoms with Crippen molar-refractivity contribution in [2.24, 2.45) is 10.4 Å². The molecule has 0 aliphatic heterocycles. The van der Waals surface area contributed by atoms with Crippen molar-refractivity contribution in [1.29, 1.82) is 0 Å². The Balaban J connectivity index is 2.00. The normalized spacial score (nSPS) is 16.3. The van der Waals surface area contributed by atoms with Gasteiger partial charge in [0, 0.05) is 27.2 Å². The first-order valence-electron chi connectivity index (χ1n) is 9.56. The molecule has 27 heavy (non-hydrogen) atoms. The lowest BCUT2D eigenvalue weighted by Crippen LogP contribution is -2.43. The molecule has 1 aliphatic rings. The number of amides is 1. The van der Waals surface area contributed by atoms with Crippen LogP contribution in [0.2, 0.25) is 0 Å². The van der Waals surface area contributed by atoms with E-state index in [0.717, 1.165) is 37.8 Å². The fourth-order valence-electron chi connectivity index (χ4n) is 3.59. The Kier molecular flexibility index (Phi) is 7.56. The number of aliphatic imine (C=N–C) groups is 1. The van der Waals surface area contributed by atoms with Crippen LogP contribution in [-0.2, 0) is 11.2 Å². The van der Waals surface area contributed by atoms with E-state index in [-0.39, 0.29) is 5.91 Å². The molecular formula is C20H30F2N4O. The number of hydrogen-bond acceptors (Lipinski definition) is 2. The fourth-order valence-corrected chi connectivity index (χ4v) is 3.59. The summed E-state index contributed by atoms with van der Waals surface area (Å²) in [6.07, 6.45) is 4.12. The second kappa shape index (κ2) is 9.67. The average Bonchev–Trinajstić information content (AvgIpc) is 3.12. The number of benzene rings is 1. The van der Waals surface area contributed by atoms with Crippen LogP contribution in [0.25, 0.3) is 0 Å². The summed E-state index contributed by atoms with van der Waals surface area (Å²) in [6, 6.07) is 3.46. The van der Waals surface area contributed by atoms with Crippen molar-refractivity contribution >= 4 is 11.9 Å². The number of carbonyl (C=O) groups is 1. The molecule has 7 heteroatoms. The molecule has 0 unspecified atom stereocenters. The molecule has 1 aromatic rings. The molecule has 1 saturated carbocycles. The van der Waals surface area contributed by atoms with Gasteiger partial charge in [-0.25, -0.2) is 8.78 Å². The van der Waals surface area contributed by atoms with Crippen LogP contribution < -0.4 is 10.6 Å². The molecule has 0 spiro atoms. The molecule has 1 amide bonds. The molecule has 0 atom stereocenters. The van der Waals surface area contributed by atoms with Gasteiger partial charge in [-0.1, -0.05) is 12.8 Å². The lowest BCUT2D eigenvalue weighted by Gasteiger charge is -2.29. The highest BCUT2D eigenvalue weighted by molar-refractivity contribution is 5.84. The van der Waals surface area contributed by atoms with Gasteiger partial charge >= 0.3 is 0 Å². The lowest BCUT2D eigenvalue weighted by atomic mass is 9.85. The maximum atomic E-state index is 13.7. The highest BCUT2D eigenvalue weighted by Crippen LogP contribution is 2.39. The summed E-state index contributed by atoms with van der Waals surface area (Å²) in [7, 11) is 3.56. The fraction of sp³-hybridized carbons (Fsp3) is 0.600. The van der Waals surface area contributed by atoms with Gasteiger partial charge in [-0.3, -0.25) is 9.79 Å². The van der Waals surface area contributed by atoms with E-state index in [4.69, 9.17) is 0 Å². The molecule has 1 aliphatic carbocycles. The first kappa shape index (κ1) is 21.1. The predicted molar refractivity (Wildman–Crippen MR) is 104 cm³/mol. The molecule has 1 fully saturated rings. The highest BCUT2D eigenvalue weighted by Gasteiger charge is 2.42. The van der Waals surface area contributed by atoms with Crippen molar-refractivity contribution in [2.45, 2.75) is 39.0 Å². The monoisotopic (exact) mass is 380 g/mol. The minimum Gasteiger partial charge on any atom is -0.357 e. The zero-order valence-electron chi connectivity index (χ0n) is 16.4. The van der Waals surface area contributed by atoms with Crippen LogP contribution in [0.3, 0.4) is 0 Å². The highest BCUT2D eigenvalue weighted by atomic mass is 19.1. The number of nitrogens with one attached hydrogen (secondary N) is 2. The van der Waals surface area contributed by atoms with Crippen LogP contribution >= 0.6 is 0 Å². The van der Waals surface area contributed by atoms with Crippen molar-refractivity contribution in [1.82, 2.24) is 15.5 Å². The summed E-state index contributed by atoms with van der Waals surface area (Å²) in [5.74, 6) is -0.146. The Labute approximate surface area is 160 Å². The Bertz CT molecular complexity index is 670. The van der Waals surface area contributed by atoms with Gasteiger partial charge in [0.25, 0.3) is 0 Å². The van der Waals surface area contributed by atoms with Crippen molar-refractivity contribution in [2.75, 3.05) is 33.7 Å². The van der Waals surface area contributed by atoms with E-state index in [9.17, 15) is 13.6 Å². The smallest absolute Gasteiger partial charge is 0.230 e. The van der Waals surface area contributed by atoms with E-state index >= 15 is 0 Å². The third kappa shape index (κ3) is 5.65. The SMILES string of the molecule is CCNC(=NCC1(C(=O)N(C)C)CCCC1)NCCc1cc(F)ccc1F.